The van der Waals surface area contributed by atoms with Crippen molar-refractivity contribution in [2.24, 2.45) is 34.4 Å². The molecule has 1 aliphatic heterocycles. The third kappa shape index (κ3) is 34.8. The molecule has 4 aromatic carbocycles. The Morgan fingerprint density at radius 2 is 0.791 bits per heavy atom. The molecule has 1 heterocycles. The van der Waals surface area contributed by atoms with Crippen LogP contribution in [0.25, 0.3) is 0 Å². The molecule has 19 N–H and O–H groups in total. The van der Waals surface area contributed by atoms with Crippen LogP contribution in [-0.4, -0.2) is 220 Å². The highest BCUT2D eigenvalue weighted by Gasteiger charge is 2.36. The first-order chi connectivity index (χ1) is 54.6. The molecule has 0 unspecified atom stereocenters. The minimum atomic E-state index is -1.46. The Morgan fingerprint density at radius 3 is 1.17 bits per heavy atom. The van der Waals surface area contributed by atoms with E-state index >= 15 is 0 Å². The molecule has 0 aromatic heterocycles. The van der Waals surface area contributed by atoms with Gasteiger partial charge in [0.05, 0.1) is 25.7 Å². The molecule has 0 bridgehead atoms. The summed E-state index contributed by atoms with van der Waals surface area (Å²) in [6.45, 7) is 10.5. The van der Waals surface area contributed by atoms with Crippen molar-refractivity contribution in [2.75, 3.05) is 43.9 Å². The number of aliphatic imine (C=N–C) groups is 1. The minimum Gasteiger partial charge on any atom is -0.508 e. The summed E-state index contributed by atoms with van der Waals surface area (Å²) in [6.07, 6.45) is 4.74. The maximum absolute atomic E-state index is 14.4. The normalized spacial score (nSPS) is 15.6. The molecular formula is C80H113N15O18S2. The average Bonchev–Trinajstić information content (AvgIpc) is 1.69. The van der Waals surface area contributed by atoms with Crippen molar-refractivity contribution >= 4 is 113 Å². The fourth-order valence-electron chi connectivity index (χ4n) is 12.2. The highest BCUT2D eigenvalue weighted by atomic mass is 32.2. The van der Waals surface area contributed by atoms with E-state index in [1.807, 2.05) is 43.5 Å². The van der Waals surface area contributed by atoms with Gasteiger partial charge in [0, 0.05) is 37.8 Å². The maximum Gasteiger partial charge on any atom is 0.326 e. The molecule has 0 aliphatic carbocycles. The summed E-state index contributed by atoms with van der Waals surface area (Å²) in [5, 5.41) is 73.7. The Bertz CT molecular complexity index is 3930. The van der Waals surface area contributed by atoms with Gasteiger partial charge in [0.2, 0.25) is 76.8 Å². The second-order valence-electron chi connectivity index (χ2n) is 29.8. The third-order valence-corrected chi connectivity index (χ3v) is 19.5. The van der Waals surface area contributed by atoms with Crippen LogP contribution in [0.15, 0.2) is 108 Å². The molecule has 4 aromatic rings. The van der Waals surface area contributed by atoms with Gasteiger partial charge in [-0.25, -0.2) is 4.79 Å². The maximum atomic E-state index is 14.4. The number of thioether (sulfide) groups is 1. The number of nitrogens with zero attached hydrogens (tertiary/aromatic N) is 1. The number of hydrogen-bond donors (Lipinski definition) is 19. The Kier molecular flexibility index (Phi) is 40.4. The number of carboxylic acid groups (broad SMARTS) is 1. The molecule has 0 saturated carbocycles. The number of amides is 13. The van der Waals surface area contributed by atoms with Crippen LogP contribution in [0.4, 0.5) is 0 Å². The van der Waals surface area contributed by atoms with E-state index in [-0.39, 0.29) is 117 Å². The molecule has 628 valence electrons. The number of thiol groups is 1. The molecule has 0 fully saturated rings. The van der Waals surface area contributed by atoms with Crippen molar-refractivity contribution in [3.63, 3.8) is 0 Å². The van der Waals surface area contributed by atoms with Gasteiger partial charge in [0.15, 0.2) is 0 Å². The number of carbonyl (C=O) groups is 14. The molecule has 1 aliphatic rings. The minimum absolute atomic E-state index is 0.00104. The van der Waals surface area contributed by atoms with E-state index in [1.54, 1.807) is 47.8 Å². The van der Waals surface area contributed by atoms with Crippen LogP contribution in [0, 0.1) is 23.7 Å². The van der Waals surface area contributed by atoms with Crippen LogP contribution < -0.4 is 74.9 Å². The molecular weight excluding hydrogens is 1520 g/mol. The quantitative estimate of drug-likeness (QED) is 0.0215. The Balaban J connectivity index is 1.24. The summed E-state index contributed by atoms with van der Waals surface area (Å²) in [6, 6.07) is 12.6. The zero-order valence-electron chi connectivity index (χ0n) is 66.2. The van der Waals surface area contributed by atoms with E-state index in [9.17, 15) is 87.5 Å². The van der Waals surface area contributed by atoms with Crippen molar-refractivity contribution in [2.45, 2.75) is 192 Å². The zero-order valence-corrected chi connectivity index (χ0v) is 67.9. The first-order valence-electron chi connectivity index (χ1n) is 38.4. The van der Waals surface area contributed by atoms with Crippen LogP contribution in [-0.2, 0) is 92.8 Å². The Hall–Kier alpha value is -10.8. The number of rotatable bonds is 49. The lowest BCUT2D eigenvalue weighted by Crippen LogP contribution is -2.59. The second kappa shape index (κ2) is 49.1. The molecule has 35 heteroatoms. The average molecular weight is 1640 g/mol. The Morgan fingerprint density at radius 1 is 0.435 bits per heavy atom. The number of phenols is 3. The van der Waals surface area contributed by atoms with E-state index in [0.717, 1.165) is 5.56 Å². The van der Waals surface area contributed by atoms with Crippen LogP contribution in [0.2, 0.25) is 0 Å². The molecule has 13 amide bonds. The predicted octanol–water partition coefficient (Wildman–Crippen LogP) is 0.785. The summed E-state index contributed by atoms with van der Waals surface area (Å²) in [4.78, 5) is 197. The molecule has 115 heavy (non-hydrogen) atoms. The van der Waals surface area contributed by atoms with Crippen LogP contribution in [0.5, 0.6) is 17.2 Å². The number of carbonyl (C=O) groups excluding carboxylic acids is 13. The predicted molar refractivity (Wildman–Crippen MR) is 436 cm³/mol. The van der Waals surface area contributed by atoms with Gasteiger partial charge in [-0.15, -0.1) is 0 Å². The number of aromatic hydroxyl groups is 3. The molecule has 0 radical (unpaired) electrons. The topological polar surface area (TPSA) is 515 Å². The van der Waals surface area contributed by atoms with Gasteiger partial charge >= 0.3 is 5.97 Å². The van der Waals surface area contributed by atoms with E-state index in [1.165, 1.54) is 84.6 Å². The monoisotopic (exact) mass is 1640 g/mol. The lowest BCUT2D eigenvalue weighted by Gasteiger charge is -2.26. The fourth-order valence-corrected chi connectivity index (χ4v) is 13.0. The van der Waals surface area contributed by atoms with Gasteiger partial charge in [-0.3, -0.25) is 67.3 Å². The number of unbranched alkanes of at least 4 members (excludes halogenated alkanes) is 1. The largest absolute Gasteiger partial charge is 0.508 e. The third-order valence-electron chi connectivity index (χ3n) is 18.5. The van der Waals surface area contributed by atoms with Gasteiger partial charge in [-0.2, -0.15) is 24.4 Å². The van der Waals surface area contributed by atoms with Gasteiger partial charge in [0.25, 0.3) is 0 Å². The lowest BCUT2D eigenvalue weighted by atomic mass is 10.0. The lowest BCUT2D eigenvalue weighted by molar-refractivity contribution is -0.142. The standard InChI is InChI=1S/C80H113N15O18S2/c1-45(2)34-59(76(108)92-63(39-51-19-25-54(97)26-20-51)72(104)85-42-67(100)89-61(36-47(5)6)78(110)94-64(80(112)113)40-52-21-27-55(98)28-22-52)87-66(99)41-84-71(103)62(38-50-17-23-53(96)24-18-50)93-77(109)60(35-46(3)4)88-68(101)43-86-73(105)65(44-114)95-74(106)57(16-12-13-31-83-79(111)69-48(7)29-32-82-69)91-75(107)58(30-33-115-8)90-70(102)56(81)37-49-14-10-9-11-15-49/h9-11,14-15,17-28,32,45-48,56-65,69,96-98,114H,12-13,16,29-31,33-44,81H2,1-8H3,(H,83,111)(H,84,103)(H,85,104)(H,86,105)(H,87,99)(H,88,101)(H,89,100)(H,90,102)(H,91,107)(H,92,108)(H,93,109)(H,94,110)(H,95,106)(H,112,113)/t48-,56+,57+,58+,59+,60+,61+,62+,63+,64+,65+,69-/m1/s1. The van der Waals surface area contributed by atoms with E-state index < -0.39 is 163 Å². The number of nitrogens with two attached hydrogens (primary N) is 1. The van der Waals surface area contributed by atoms with E-state index in [0.29, 0.717) is 41.7 Å². The van der Waals surface area contributed by atoms with Crippen LogP contribution >= 0.6 is 24.4 Å². The SMILES string of the molecule is CSCC[C@H](NC(=O)[C@@H](N)Cc1ccccc1)C(=O)N[C@@H](CCCCNC(=O)[C@@H]1N=CC[C@H]1C)C(=O)N[C@@H](CS)C(=O)NCC(=O)N[C@@H](CC(C)C)C(=O)N[C@@H](Cc1ccc(O)cc1)C(=O)NCC(=O)N[C@@H](CC(C)C)C(=O)N[C@@H](Cc1ccc(O)cc1)C(=O)NCC(=O)N[C@@H](CC(C)C)C(=O)N[C@@H](Cc1ccc(O)cc1)C(=O)O. The zero-order chi connectivity index (χ0) is 84.8. The summed E-state index contributed by atoms with van der Waals surface area (Å²) >= 11 is 5.75. The van der Waals surface area contributed by atoms with E-state index in [4.69, 9.17) is 5.73 Å². The molecule has 5 rings (SSSR count). The van der Waals surface area contributed by atoms with Crippen molar-refractivity contribution in [3.8, 4) is 17.2 Å². The number of nitrogens with one attached hydrogen (secondary N) is 13. The van der Waals surface area contributed by atoms with Crippen LogP contribution in [0.1, 0.15) is 122 Å². The van der Waals surface area contributed by atoms with Gasteiger partial charge in [-0.05, 0) is 152 Å². The highest BCUT2D eigenvalue weighted by molar-refractivity contribution is 7.98. The van der Waals surface area contributed by atoms with Crippen molar-refractivity contribution in [1.29, 1.82) is 0 Å². The number of aliphatic carboxylic acids is 1. The van der Waals surface area contributed by atoms with Crippen molar-refractivity contribution in [3.05, 3.63) is 125 Å². The molecule has 0 spiro atoms. The Labute approximate surface area is 679 Å². The van der Waals surface area contributed by atoms with Gasteiger partial charge in [0.1, 0.15) is 77.7 Å². The number of benzene rings is 4. The van der Waals surface area contributed by atoms with Crippen molar-refractivity contribution < 1.29 is 87.5 Å². The van der Waals surface area contributed by atoms with Gasteiger partial charge < -0.3 is 95.3 Å². The smallest absolute Gasteiger partial charge is 0.326 e. The molecule has 33 nitrogen and oxygen atoms in total. The number of carboxylic acids is 1. The summed E-state index contributed by atoms with van der Waals surface area (Å²) in [7, 11) is 0. The van der Waals surface area contributed by atoms with Gasteiger partial charge in [-0.1, -0.05) is 115 Å². The second-order valence-corrected chi connectivity index (χ2v) is 31.1. The first kappa shape index (κ1) is 94.8. The molecule has 12 atom stereocenters. The number of phenolic OH excluding ortho intramolecular Hbond substituents is 3. The first-order valence-corrected chi connectivity index (χ1v) is 40.4. The fraction of sp³-hybridized carbons (Fsp3) is 0.512. The number of hydrogen-bond acceptors (Lipinski definition) is 21. The van der Waals surface area contributed by atoms with E-state index in [2.05, 4.69) is 86.7 Å². The van der Waals surface area contributed by atoms with Crippen molar-refractivity contribution in [1.82, 2.24) is 69.1 Å². The summed E-state index contributed by atoms with van der Waals surface area (Å²) in [5.74, 6) is -12.3. The highest BCUT2D eigenvalue weighted by Crippen LogP contribution is 2.20. The van der Waals surface area contributed by atoms with Crippen LogP contribution in [0.3, 0.4) is 0 Å². The molecule has 0 saturated heterocycles. The summed E-state index contributed by atoms with van der Waals surface area (Å²) < 4.78 is 0. The summed E-state index contributed by atoms with van der Waals surface area (Å²) in [5.41, 5.74) is 8.48.